The largest absolute Gasteiger partial charge is 0.469 e. The second kappa shape index (κ2) is 24.1. The molecule has 0 spiro atoms. The van der Waals surface area contributed by atoms with Gasteiger partial charge in [-0.3, -0.25) is 48.9 Å². The number of methoxy groups -OCH3 is 1. The lowest BCUT2D eigenvalue weighted by atomic mass is 10.1. The van der Waals surface area contributed by atoms with Gasteiger partial charge in [-0.1, -0.05) is 49.5 Å². The van der Waals surface area contributed by atoms with Crippen molar-refractivity contribution in [2.75, 3.05) is 28.4 Å². The number of aryl methyl sites for hydroxylation is 2. The number of Topliss-reactive ketones (excluding diaryl/α,β-unsaturated/α-hetero) is 1. The topological polar surface area (TPSA) is 308 Å². The van der Waals surface area contributed by atoms with Gasteiger partial charge < -0.3 is 23.2 Å². The van der Waals surface area contributed by atoms with E-state index >= 15 is 0 Å². The Kier molecular flexibility index (Phi) is 19.8. The maximum absolute atomic E-state index is 12.1. The van der Waals surface area contributed by atoms with Crippen LogP contribution in [0.1, 0.15) is 89.7 Å². The summed E-state index contributed by atoms with van der Waals surface area (Å²) in [5.41, 5.74) is -3.14. The molecule has 1 saturated heterocycles. The van der Waals surface area contributed by atoms with Crippen LogP contribution in [0.2, 0.25) is 0 Å². The van der Waals surface area contributed by atoms with Crippen LogP contribution < -0.4 is 48.7 Å². The zero-order valence-corrected chi connectivity index (χ0v) is 34.2. The van der Waals surface area contributed by atoms with Crippen molar-refractivity contribution < 1.29 is 52.1 Å². The van der Waals surface area contributed by atoms with E-state index in [2.05, 4.69) is 19.5 Å². The number of esters is 1. The normalized spacial score (nSPS) is 12.0. The van der Waals surface area contributed by atoms with Crippen molar-refractivity contribution in [1.82, 2.24) is 29.8 Å². The summed E-state index contributed by atoms with van der Waals surface area (Å²) in [6, 6.07) is 1.71. The molecule has 0 aromatic carbocycles. The Hall–Kier alpha value is -6.91. The number of ether oxygens (including phenoxy) is 1. The monoisotopic (exact) mass is 848 g/mol. The summed E-state index contributed by atoms with van der Waals surface area (Å²) in [5.74, 6) is -1.72. The van der Waals surface area contributed by atoms with E-state index < -0.39 is 57.6 Å². The van der Waals surface area contributed by atoms with E-state index in [1.54, 1.807) is 0 Å². The van der Waals surface area contributed by atoms with Crippen LogP contribution in [0.4, 0.5) is 4.79 Å². The highest BCUT2D eigenvalue weighted by atomic mass is 16.7. The molecule has 5 rings (SSSR count). The Morgan fingerprint density at radius 3 is 1.77 bits per heavy atom. The van der Waals surface area contributed by atoms with Gasteiger partial charge in [0, 0.05) is 18.6 Å². The maximum Gasteiger partial charge on any atom is 0.364 e. The van der Waals surface area contributed by atoms with Gasteiger partial charge >= 0.3 is 40.2 Å². The molecule has 60 heavy (non-hydrogen) atoms. The van der Waals surface area contributed by atoms with Gasteiger partial charge in [0.25, 0.3) is 17.2 Å². The van der Waals surface area contributed by atoms with Crippen LogP contribution in [-0.2, 0) is 41.6 Å². The molecule has 1 aliphatic heterocycles. The van der Waals surface area contributed by atoms with Crippen molar-refractivity contribution in [3.8, 4) is 0 Å². The number of ketones is 1. The first-order valence-electron chi connectivity index (χ1n) is 18.5. The van der Waals surface area contributed by atoms with Crippen molar-refractivity contribution >= 4 is 51.8 Å². The van der Waals surface area contributed by atoms with Gasteiger partial charge in [-0.2, -0.15) is 0 Å². The van der Waals surface area contributed by atoms with Crippen molar-refractivity contribution in [1.29, 1.82) is 0 Å². The van der Waals surface area contributed by atoms with E-state index in [4.69, 9.17) is 18.5 Å². The number of hydrogen-bond donors (Lipinski definition) is 3. The highest BCUT2D eigenvalue weighted by Gasteiger charge is 2.31. The molecule has 3 N–H and O–H groups in total. The number of imide groups is 2. The van der Waals surface area contributed by atoms with E-state index in [-0.39, 0.29) is 40.8 Å². The van der Waals surface area contributed by atoms with Crippen molar-refractivity contribution in [2.24, 2.45) is 0 Å². The number of carbonyl (C=O) groups is 5. The number of fused-ring (bicyclic) bond motifs is 2. The van der Waals surface area contributed by atoms with Gasteiger partial charge in [0.15, 0.2) is 0 Å². The average Bonchev–Trinajstić information content (AvgIpc) is 3.18. The van der Waals surface area contributed by atoms with E-state index in [0.717, 1.165) is 43.3 Å². The molecular formula is C37H48N6O17. The lowest BCUT2D eigenvalue weighted by Crippen LogP contribution is -2.51. The first-order valence-corrected chi connectivity index (χ1v) is 18.5. The van der Waals surface area contributed by atoms with Crippen molar-refractivity contribution in [3.05, 3.63) is 85.8 Å². The number of rotatable bonds is 14. The highest BCUT2D eigenvalue weighted by Crippen LogP contribution is 2.14. The van der Waals surface area contributed by atoms with Gasteiger partial charge in [-0.15, -0.1) is 5.06 Å². The summed E-state index contributed by atoms with van der Waals surface area (Å²) in [4.78, 5) is 142. The number of unbranched alkanes of at least 4 members (excludes halogenated alkanes) is 3. The van der Waals surface area contributed by atoms with Crippen molar-refractivity contribution in [2.45, 2.75) is 91.4 Å². The smallest absolute Gasteiger partial charge is 0.364 e. The predicted octanol–water partition coefficient (Wildman–Crippen LogP) is 0.413. The number of barbiturate groups is 1. The number of carbonyl (C=O) groups excluding carboxylic acids is 5. The average molecular weight is 849 g/mol. The summed E-state index contributed by atoms with van der Waals surface area (Å²) < 4.78 is 15.5. The minimum Gasteiger partial charge on any atom is -0.469 e. The Morgan fingerprint density at radius 1 is 0.700 bits per heavy atom. The second-order valence-corrected chi connectivity index (χ2v) is 12.5. The number of nitrogens with zero attached hydrogens (tertiary/aromatic N) is 3. The van der Waals surface area contributed by atoms with Crippen LogP contribution in [0.3, 0.4) is 0 Å². The molecule has 4 aromatic heterocycles. The molecule has 0 saturated carbocycles. The van der Waals surface area contributed by atoms with E-state index in [9.17, 15) is 52.7 Å². The Labute approximate surface area is 339 Å². The molecular weight excluding hydrogens is 800 g/mol. The van der Waals surface area contributed by atoms with Crippen LogP contribution >= 0.6 is 0 Å². The molecule has 1 fully saturated rings. The minimum absolute atomic E-state index is 0.0290. The zero-order valence-electron chi connectivity index (χ0n) is 34.2. The molecule has 5 heterocycles. The van der Waals surface area contributed by atoms with Gasteiger partial charge in [-0.25, -0.2) is 24.0 Å². The fourth-order valence-corrected chi connectivity index (χ4v) is 5.30. The van der Waals surface area contributed by atoms with E-state index in [0.29, 0.717) is 40.2 Å². The fourth-order valence-electron chi connectivity index (χ4n) is 5.30. The minimum atomic E-state index is -0.839. The Bertz CT molecular complexity index is 2490. The third kappa shape index (κ3) is 13.6. The molecule has 328 valence electrons. The van der Waals surface area contributed by atoms with Crippen LogP contribution in [0.15, 0.2) is 49.7 Å². The van der Waals surface area contributed by atoms with Crippen molar-refractivity contribution in [3.63, 3.8) is 0 Å². The quantitative estimate of drug-likeness (QED) is 0.114. The number of hydrogen-bond acceptors (Lipinski definition) is 17. The van der Waals surface area contributed by atoms with Crippen LogP contribution in [0.5, 0.6) is 0 Å². The molecule has 0 bridgehead atoms. The van der Waals surface area contributed by atoms with Gasteiger partial charge in [0.2, 0.25) is 11.6 Å². The summed E-state index contributed by atoms with van der Waals surface area (Å²) in [7, 11) is 4.92. The fraction of sp³-hybridized carbons (Fsp3) is 0.486. The van der Waals surface area contributed by atoms with Gasteiger partial charge in [0.1, 0.15) is 43.6 Å². The van der Waals surface area contributed by atoms with Gasteiger partial charge in [0.05, 0.1) is 14.2 Å². The third-order valence-electron chi connectivity index (χ3n) is 8.18. The van der Waals surface area contributed by atoms with E-state index in [1.165, 1.54) is 40.6 Å². The molecule has 23 heteroatoms. The molecule has 0 radical (unpaired) electrons. The number of aromatic amines is 2. The number of hydroxylamine groups is 2. The summed E-state index contributed by atoms with van der Waals surface area (Å²) in [5, 5.41) is 2.77. The lowest BCUT2D eigenvalue weighted by molar-refractivity contribution is -0.165. The molecule has 23 nitrogen and oxygen atoms in total. The maximum atomic E-state index is 12.1. The first kappa shape index (κ1) is 49.2. The van der Waals surface area contributed by atoms with E-state index in [1.807, 2.05) is 26.1 Å². The van der Waals surface area contributed by atoms with Crippen LogP contribution in [0, 0.1) is 0 Å². The second-order valence-electron chi connectivity index (χ2n) is 12.5. The predicted molar refractivity (Wildman–Crippen MR) is 210 cm³/mol. The molecule has 0 atom stereocenters. The molecule has 0 unspecified atom stereocenters. The number of aromatic nitrogens is 4. The lowest BCUT2D eigenvalue weighted by Gasteiger charge is -2.21. The SMILES string of the molecule is CCCCC(=O)CC(=O)OC.CCCCc1cc(=O)oc2[nH]c(=O)n(OC)c(=O)c12.CCCCc1cc(=O)oc2c1c(=O)[nH]c(=O)n2OC.CON1C(=O)CC(=O)NC1=O. The van der Waals surface area contributed by atoms with Crippen LogP contribution in [0.25, 0.3) is 22.2 Å². The summed E-state index contributed by atoms with van der Waals surface area (Å²) in [6.07, 6.45) is 6.51. The zero-order chi connectivity index (χ0) is 45.1. The number of H-pyrrole nitrogens is 2. The number of urea groups is 1. The van der Waals surface area contributed by atoms with Gasteiger partial charge in [-0.05, 0) is 43.2 Å². The number of nitrogens with one attached hydrogen (secondary N) is 3. The summed E-state index contributed by atoms with van der Waals surface area (Å²) in [6.45, 7) is 6.01. The first-order chi connectivity index (χ1) is 28.5. The third-order valence-corrected chi connectivity index (χ3v) is 8.18. The molecule has 4 aromatic rings. The molecule has 4 amide bonds. The number of amides is 4. The Morgan fingerprint density at radius 2 is 1.25 bits per heavy atom. The standard InChI is InChI=1S/2C12H14N2O5.C8H14O3.C5H6N2O4/c1-3-4-5-7-6-8(15)19-10-9(7)11(16)14(18-2)12(17)13-10;1-3-4-5-7-6-8(15)19-11-9(7)10(16)13-12(17)14(11)18-2;1-3-4-5-7(9)6-8(10)11-2;1-11-7-4(9)2-3(8)6-5(7)10/h6H,3-5H2,1-2H3,(H,13,17);6H,3-5H2,1-2H3,(H,13,16,17);3-6H2,1-2H3;2H2,1H3,(H,6,8,10). The summed E-state index contributed by atoms with van der Waals surface area (Å²) >= 11 is 0. The highest BCUT2D eigenvalue weighted by molar-refractivity contribution is 6.13. The van der Waals surface area contributed by atoms with Crippen LogP contribution in [-0.4, -0.2) is 82.5 Å². The Balaban J connectivity index is 0.000000286. The molecule has 1 aliphatic rings. The molecule has 0 aliphatic carbocycles.